The lowest BCUT2D eigenvalue weighted by molar-refractivity contribution is 0.403. The second kappa shape index (κ2) is 5.65. The fourth-order valence-corrected chi connectivity index (χ4v) is 3.35. The van der Waals surface area contributed by atoms with Crippen LogP contribution >= 0.6 is 11.3 Å². The summed E-state index contributed by atoms with van der Waals surface area (Å²) in [4.78, 5) is 0. The number of aryl methyl sites for hydroxylation is 1. The van der Waals surface area contributed by atoms with Gasteiger partial charge in [-0.2, -0.15) is 0 Å². The van der Waals surface area contributed by atoms with Gasteiger partial charge in [-0.15, -0.1) is 11.3 Å². The van der Waals surface area contributed by atoms with Crippen molar-refractivity contribution < 1.29 is 0 Å². The summed E-state index contributed by atoms with van der Waals surface area (Å²) < 4.78 is 1.41. The van der Waals surface area contributed by atoms with E-state index in [1.165, 1.54) is 28.5 Å². The van der Waals surface area contributed by atoms with Crippen molar-refractivity contribution in [2.24, 2.45) is 5.92 Å². The Morgan fingerprint density at radius 3 is 2.71 bits per heavy atom. The molecule has 92 valence electrons. The van der Waals surface area contributed by atoms with Crippen LogP contribution in [0.4, 0.5) is 0 Å². The quantitative estimate of drug-likeness (QED) is 0.839. The van der Waals surface area contributed by atoms with E-state index in [2.05, 4.69) is 55.9 Å². The molecule has 1 aromatic carbocycles. The smallest absolute Gasteiger partial charge is 0.0345 e. The Kier molecular flexibility index (Phi) is 4.19. The third-order valence-corrected chi connectivity index (χ3v) is 4.47. The third-order valence-electron chi connectivity index (χ3n) is 3.46. The molecule has 17 heavy (non-hydrogen) atoms. The molecule has 0 amide bonds. The van der Waals surface area contributed by atoms with Gasteiger partial charge in [-0.3, -0.25) is 0 Å². The van der Waals surface area contributed by atoms with Crippen LogP contribution in [0.2, 0.25) is 0 Å². The molecule has 0 fully saturated rings. The highest BCUT2D eigenvalue weighted by atomic mass is 32.1. The zero-order chi connectivity index (χ0) is 12.3. The van der Waals surface area contributed by atoms with E-state index >= 15 is 0 Å². The molecule has 0 aliphatic carbocycles. The Morgan fingerprint density at radius 1 is 1.24 bits per heavy atom. The average Bonchev–Trinajstić information content (AvgIpc) is 2.73. The van der Waals surface area contributed by atoms with Crippen molar-refractivity contribution in [2.75, 3.05) is 7.05 Å². The Morgan fingerprint density at radius 2 is 2.00 bits per heavy atom. The van der Waals surface area contributed by atoms with Crippen LogP contribution in [0.3, 0.4) is 0 Å². The number of hydrogen-bond donors (Lipinski definition) is 1. The van der Waals surface area contributed by atoms with E-state index in [9.17, 15) is 0 Å². The second-order valence-corrected chi connectivity index (χ2v) is 5.85. The van der Waals surface area contributed by atoms with Gasteiger partial charge in [-0.05, 0) is 48.2 Å². The van der Waals surface area contributed by atoms with Gasteiger partial charge in [-0.1, -0.05) is 32.0 Å². The molecule has 2 heteroatoms. The fourth-order valence-electron chi connectivity index (χ4n) is 2.35. The van der Waals surface area contributed by atoms with E-state index in [1.807, 2.05) is 11.3 Å². The van der Waals surface area contributed by atoms with Crippen LogP contribution < -0.4 is 5.32 Å². The van der Waals surface area contributed by atoms with Crippen molar-refractivity contribution in [1.82, 2.24) is 5.32 Å². The molecule has 0 aliphatic heterocycles. The molecule has 1 N–H and O–H groups in total. The van der Waals surface area contributed by atoms with Gasteiger partial charge >= 0.3 is 0 Å². The van der Waals surface area contributed by atoms with Crippen molar-refractivity contribution in [3.8, 4) is 0 Å². The first-order valence-electron chi connectivity index (χ1n) is 6.34. The van der Waals surface area contributed by atoms with E-state index in [-0.39, 0.29) is 0 Å². The van der Waals surface area contributed by atoms with Gasteiger partial charge in [0.2, 0.25) is 0 Å². The maximum Gasteiger partial charge on any atom is 0.0345 e. The minimum absolute atomic E-state index is 0.619. The van der Waals surface area contributed by atoms with E-state index in [0.717, 1.165) is 0 Å². The SMILES string of the molecule is CNC(CCc1csc2ccccc12)C(C)C. The lowest BCUT2D eigenvalue weighted by Gasteiger charge is -2.19. The summed E-state index contributed by atoms with van der Waals surface area (Å²) in [6.07, 6.45) is 2.39. The number of rotatable bonds is 5. The molecule has 0 saturated heterocycles. The van der Waals surface area contributed by atoms with Crippen LogP contribution in [-0.2, 0) is 6.42 Å². The largest absolute Gasteiger partial charge is 0.317 e. The predicted molar refractivity (Wildman–Crippen MR) is 77.8 cm³/mol. The zero-order valence-corrected chi connectivity index (χ0v) is 11.7. The highest BCUT2D eigenvalue weighted by Gasteiger charge is 2.12. The highest BCUT2D eigenvalue weighted by Crippen LogP contribution is 2.27. The predicted octanol–water partition coefficient (Wildman–Crippen LogP) is 4.08. The van der Waals surface area contributed by atoms with Gasteiger partial charge in [0.15, 0.2) is 0 Å². The summed E-state index contributed by atoms with van der Waals surface area (Å²) in [5, 5.41) is 7.17. The van der Waals surface area contributed by atoms with E-state index in [4.69, 9.17) is 0 Å². The minimum Gasteiger partial charge on any atom is -0.317 e. The monoisotopic (exact) mass is 247 g/mol. The van der Waals surface area contributed by atoms with Gasteiger partial charge in [0.1, 0.15) is 0 Å². The third kappa shape index (κ3) is 2.88. The molecular weight excluding hydrogens is 226 g/mol. The topological polar surface area (TPSA) is 12.0 Å². The molecule has 1 atom stereocenters. The van der Waals surface area contributed by atoms with E-state index in [0.29, 0.717) is 12.0 Å². The van der Waals surface area contributed by atoms with Crippen molar-refractivity contribution in [2.45, 2.75) is 32.7 Å². The Hall–Kier alpha value is -0.860. The van der Waals surface area contributed by atoms with Crippen LogP contribution in [0.15, 0.2) is 29.6 Å². The molecule has 0 spiro atoms. The number of benzene rings is 1. The maximum atomic E-state index is 3.42. The van der Waals surface area contributed by atoms with Crippen LogP contribution in [0.5, 0.6) is 0 Å². The van der Waals surface area contributed by atoms with Crippen molar-refractivity contribution >= 4 is 21.4 Å². The molecule has 1 unspecified atom stereocenters. The minimum atomic E-state index is 0.619. The first-order valence-corrected chi connectivity index (χ1v) is 7.22. The summed E-state index contributed by atoms with van der Waals surface area (Å²) in [6.45, 7) is 4.57. The van der Waals surface area contributed by atoms with E-state index < -0.39 is 0 Å². The van der Waals surface area contributed by atoms with Crippen molar-refractivity contribution in [3.63, 3.8) is 0 Å². The van der Waals surface area contributed by atoms with Gasteiger partial charge in [0.25, 0.3) is 0 Å². The average molecular weight is 247 g/mol. The lowest BCUT2D eigenvalue weighted by Crippen LogP contribution is -2.30. The lowest BCUT2D eigenvalue weighted by atomic mass is 9.97. The summed E-state index contributed by atoms with van der Waals surface area (Å²) in [6, 6.07) is 9.32. The second-order valence-electron chi connectivity index (χ2n) is 4.93. The van der Waals surface area contributed by atoms with Crippen LogP contribution in [0.25, 0.3) is 10.1 Å². The highest BCUT2D eigenvalue weighted by molar-refractivity contribution is 7.17. The number of thiophene rings is 1. The van der Waals surface area contributed by atoms with Gasteiger partial charge in [0.05, 0.1) is 0 Å². The summed E-state index contributed by atoms with van der Waals surface area (Å²) >= 11 is 1.86. The first-order chi connectivity index (χ1) is 8.22. The van der Waals surface area contributed by atoms with Crippen LogP contribution in [0, 0.1) is 5.92 Å². The molecule has 0 aliphatic rings. The maximum absolute atomic E-state index is 3.42. The van der Waals surface area contributed by atoms with Gasteiger partial charge < -0.3 is 5.32 Å². The number of fused-ring (bicyclic) bond motifs is 1. The number of hydrogen-bond acceptors (Lipinski definition) is 2. The van der Waals surface area contributed by atoms with Crippen LogP contribution in [-0.4, -0.2) is 13.1 Å². The summed E-state index contributed by atoms with van der Waals surface area (Å²) in [7, 11) is 2.07. The van der Waals surface area contributed by atoms with Crippen molar-refractivity contribution in [3.05, 3.63) is 35.2 Å². The molecule has 1 nitrogen and oxygen atoms in total. The standard InChI is InChI=1S/C15H21NS/c1-11(2)14(16-3)9-8-12-10-17-15-7-5-4-6-13(12)15/h4-7,10-11,14,16H,8-9H2,1-3H3. The number of nitrogens with one attached hydrogen (secondary N) is 1. The Bertz CT molecular complexity index is 472. The van der Waals surface area contributed by atoms with Gasteiger partial charge in [-0.25, -0.2) is 0 Å². The molecule has 1 aromatic heterocycles. The molecule has 0 radical (unpaired) electrons. The summed E-state index contributed by atoms with van der Waals surface area (Å²) in [5.41, 5.74) is 1.51. The van der Waals surface area contributed by atoms with Crippen LogP contribution in [0.1, 0.15) is 25.8 Å². The molecular formula is C15H21NS. The fraction of sp³-hybridized carbons (Fsp3) is 0.467. The molecule has 2 aromatic rings. The molecule has 0 saturated carbocycles. The molecule has 2 rings (SSSR count). The first kappa shape index (κ1) is 12.6. The van der Waals surface area contributed by atoms with Crippen molar-refractivity contribution in [1.29, 1.82) is 0 Å². The van der Waals surface area contributed by atoms with Gasteiger partial charge in [0, 0.05) is 10.7 Å². The van der Waals surface area contributed by atoms with E-state index in [1.54, 1.807) is 0 Å². The normalized spacial score (nSPS) is 13.4. The summed E-state index contributed by atoms with van der Waals surface area (Å²) in [5.74, 6) is 0.699. The Balaban J connectivity index is 2.08. The molecule has 0 bridgehead atoms. The Labute approximate surface area is 108 Å². The zero-order valence-electron chi connectivity index (χ0n) is 10.9. The molecule has 1 heterocycles.